The minimum atomic E-state index is 0.286. The number of anilines is 1. The van der Waals surface area contributed by atoms with Crippen LogP contribution < -0.4 is 5.32 Å². The van der Waals surface area contributed by atoms with E-state index in [-0.39, 0.29) is 5.75 Å². The van der Waals surface area contributed by atoms with Crippen LogP contribution in [0.25, 0.3) is 11.4 Å². The van der Waals surface area contributed by atoms with Gasteiger partial charge in [0.05, 0.1) is 11.3 Å². The lowest BCUT2D eigenvalue weighted by molar-refractivity contribution is 0.475. The summed E-state index contributed by atoms with van der Waals surface area (Å²) in [6, 6.07) is 9.11. The van der Waals surface area contributed by atoms with Crippen molar-refractivity contribution in [1.29, 1.82) is 0 Å². The van der Waals surface area contributed by atoms with Gasteiger partial charge < -0.3 is 10.4 Å². The fourth-order valence-electron chi connectivity index (χ4n) is 2.67. The van der Waals surface area contributed by atoms with Crippen molar-refractivity contribution in [1.82, 2.24) is 19.7 Å². The topological polar surface area (TPSA) is 75.9 Å². The Labute approximate surface area is 141 Å². The van der Waals surface area contributed by atoms with Gasteiger partial charge in [0.25, 0.3) is 0 Å². The predicted octanol–water partition coefficient (Wildman–Crippen LogP) is 2.85. The van der Waals surface area contributed by atoms with E-state index in [4.69, 9.17) is 0 Å². The number of aromatic nitrogens is 4. The third kappa shape index (κ3) is 3.37. The van der Waals surface area contributed by atoms with E-state index in [0.29, 0.717) is 5.82 Å². The van der Waals surface area contributed by atoms with E-state index >= 15 is 0 Å². The van der Waals surface area contributed by atoms with Crippen molar-refractivity contribution in [3.8, 4) is 17.1 Å². The van der Waals surface area contributed by atoms with Crippen LogP contribution in [0.4, 0.5) is 5.82 Å². The summed E-state index contributed by atoms with van der Waals surface area (Å²) < 4.78 is 1.85. The first-order valence-electron chi connectivity index (χ1n) is 7.90. The highest BCUT2D eigenvalue weighted by Gasteiger charge is 2.14. The van der Waals surface area contributed by atoms with Crippen LogP contribution in [0, 0.1) is 13.8 Å². The molecular weight excluding hydrogens is 302 g/mol. The molecule has 2 aromatic heterocycles. The molecule has 124 valence electrons. The van der Waals surface area contributed by atoms with Crippen molar-refractivity contribution >= 4 is 5.82 Å². The number of hydrogen-bond donors (Lipinski definition) is 2. The molecule has 0 aliphatic carbocycles. The summed E-state index contributed by atoms with van der Waals surface area (Å²) in [5, 5.41) is 17.1. The average molecular weight is 323 g/mol. The van der Waals surface area contributed by atoms with Crippen molar-refractivity contribution in [3.63, 3.8) is 0 Å². The zero-order valence-corrected chi connectivity index (χ0v) is 14.1. The van der Waals surface area contributed by atoms with Crippen LogP contribution in [0.15, 0.2) is 36.5 Å². The first-order chi connectivity index (χ1) is 11.5. The minimum Gasteiger partial charge on any atom is -0.508 e. The second-order valence-electron chi connectivity index (χ2n) is 5.78. The molecule has 2 N–H and O–H groups in total. The first-order valence-corrected chi connectivity index (χ1v) is 7.90. The van der Waals surface area contributed by atoms with Crippen LogP contribution in [-0.4, -0.2) is 31.4 Å². The van der Waals surface area contributed by atoms with Crippen molar-refractivity contribution in [3.05, 3.63) is 53.5 Å². The molecule has 0 spiro atoms. The van der Waals surface area contributed by atoms with Gasteiger partial charge in [0.15, 0.2) is 5.82 Å². The molecule has 1 aromatic carbocycles. The van der Waals surface area contributed by atoms with Crippen molar-refractivity contribution in [2.45, 2.75) is 20.3 Å². The number of phenols is 1. The third-order valence-corrected chi connectivity index (χ3v) is 4.04. The van der Waals surface area contributed by atoms with Gasteiger partial charge in [-0.3, -0.25) is 4.68 Å². The summed E-state index contributed by atoms with van der Waals surface area (Å²) in [4.78, 5) is 9.00. The molecule has 3 rings (SSSR count). The number of benzene rings is 1. The highest BCUT2D eigenvalue weighted by atomic mass is 16.3. The lowest BCUT2D eigenvalue weighted by Gasteiger charge is -2.07. The SMILES string of the molecule is Cc1nn(C)c(C)c1-c1nccc(NCCc2ccc(O)cc2)n1. The van der Waals surface area contributed by atoms with Crippen molar-refractivity contribution in [2.24, 2.45) is 7.05 Å². The maximum atomic E-state index is 9.31. The number of nitrogens with zero attached hydrogens (tertiary/aromatic N) is 4. The molecule has 6 heteroatoms. The predicted molar refractivity (Wildman–Crippen MR) is 94.0 cm³/mol. The van der Waals surface area contributed by atoms with E-state index < -0.39 is 0 Å². The molecule has 0 amide bonds. The van der Waals surface area contributed by atoms with Gasteiger partial charge >= 0.3 is 0 Å². The standard InChI is InChI=1S/C18H21N5O/c1-12-17(13(2)23(3)22-12)18-20-11-9-16(21-18)19-10-8-14-4-6-15(24)7-5-14/h4-7,9,11,24H,8,10H2,1-3H3,(H,19,20,21). The quantitative estimate of drug-likeness (QED) is 0.755. The van der Waals surface area contributed by atoms with E-state index in [1.54, 1.807) is 18.3 Å². The Morgan fingerprint density at radius 1 is 1.12 bits per heavy atom. The minimum absolute atomic E-state index is 0.286. The molecule has 0 unspecified atom stereocenters. The number of phenolic OH excluding ortho intramolecular Hbond substituents is 1. The van der Waals surface area contributed by atoms with E-state index in [2.05, 4.69) is 20.4 Å². The Bertz CT molecular complexity index is 839. The van der Waals surface area contributed by atoms with Crippen molar-refractivity contribution in [2.75, 3.05) is 11.9 Å². The number of rotatable bonds is 5. The van der Waals surface area contributed by atoms with Crippen LogP contribution in [0.2, 0.25) is 0 Å². The van der Waals surface area contributed by atoms with E-state index in [9.17, 15) is 5.11 Å². The lowest BCUT2D eigenvalue weighted by Crippen LogP contribution is -2.07. The number of nitrogens with one attached hydrogen (secondary N) is 1. The number of aryl methyl sites for hydroxylation is 2. The van der Waals surface area contributed by atoms with Gasteiger partial charge in [0.1, 0.15) is 11.6 Å². The Morgan fingerprint density at radius 2 is 1.88 bits per heavy atom. The molecule has 3 aromatic rings. The van der Waals surface area contributed by atoms with Crippen molar-refractivity contribution < 1.29 is 5.11 Å². The monoisotopic (exact) mass is 323 g/mol. The molecule has 0 saturated heterocycles. The molecular formula is C18H21N5O. The Morgan fingerprint density at radius 3 is 2.54 bits per heavy atom. The maximum Gasteiger partial charge on any atom is 0.165 e. The molecule has 0 aliphatic rings. The molecule has 0 saturated carbocycles. The molecule has 0 radical (unpaired) electrons. The first kappa shape index (κ1) is 16.0. The Kier molecular flexibility index (Phi) is 4.46. The zero-order chi connectivity index (χ0) is 17.1. The Hall–Kier alpha value is -2.89. The number of aromatic hydroxyl groups is 1. The fraction of sp³-hybridized carbons (Fsp3) is 0.278. The number of hydrogen-bond acceptors (Lipinski definition) is 5. The molecule has 0 fully saturated rings. The Balaban J connectivity index is 1.70. The van der Waals surface area contributed by atoms with Crippen LogP contribution in [0.1, 0.15) is 17.0 Å². The summed E-state index contributed by atoms with van der Waals surface area (Å²) >= 11 is 0. The molecule has 0 aliphatic heterocycles. The van der Waals surface area contributed by atoms with Gasteiger partial charge in [-0.2, -0.15) is 5.10 Å². The second-order valence-corrected chi connectivity index (χ2v) is 5.78. The van der Waals surface area contributed by atoms with Crippen LogP contribution in [0.3, 0.4) is 0 Å². The molecule has 2 heterocycles. The summed E-state index contributed by atoms with van der Waals surface area (Å²) in [5.74, 6) is 1.77. The summed E-state index contributed by atoms with van der Waals surface area (Å²) in [6.07, 6.45) is 2.61. The van der Waals surface area contributed by atoms with Gasteiger partial charge in [0.2, 0.25) is 0 Å². The van der Waals surface area contributed by atoms with Crippen LogP contribution >= 0.6 is 0 Å². The highest BCUT2D eigenvalue weighted by Crippen LogP contribution is 2.23. The zero-order valence-electron chi connectivity index (χ0n) is 14.1. The van der Waals surface area contributed by atoms with Gasteiger partial charge in [-0.15, -0.1) is 0 Å². The lowest BCUT2D eigenvalue weighted by atomic mass is 10.1. The summed E-state index contributed by atoms with van der Waals surface area (Å²) in [7, 11) is 1.92. The van der Waals surface area contributed by atoms with Gasteiger partial charge in [-0.05, 0) is 44.0 Å². The van der Waals surface area contributed by atoms with Crippen LogP contribution in [0.5, 0.6) is 5.75 Å². The molecule has 24 heavy (non-hydrogen) atoms. The largest absolute Gasteiger partial charge is 0.508 e. The molecule has 0 atom stereocenters. The second kappa shape index (κ2) is 6.70. The van der Waals surface area contributed by atoms with Gasteiger partial charge in [0, 0.05) is 25.5 Å². The summed E-state index contributed by atoms with van der Waals surface area (Å²) in [6.45, 7) is 4.74. The highest BCUT2D eigenvalue weighted by molar-refractivity contribution is 5.62. The van der Waals surface area contributed by atoms with Crippen LogP contribution in [-0.2, 0) is 13.5 Å². The molecule has 0 bridgehead atoms. The maximum absolute atomic E-state index is 9.31. The fourth-order valence-corrected chi connectivity index (χ4v) is 2.67. The van der Waals surface area contributed by atoms with E-state index in [0.717, 1.165) is 41.3 Å². The van der Waals surface area contributed by atoms with Gasteiger partial charge in [-0.1, -0.05) is 12.1 Å². The smallest absolute Gasteiger partial charge is 0.165 e. The average Bonchev–Trinajstić information content (AvgIpc) is 2.82. The molecule has 6 nitrogen and oxygen atoms in total. The summed E-state index contributed by atoms with van der Waals surface area (Å²) in [5.41, 5.74) is 4.12. The van der Waals surface area contributed by atoms with E-state index in [1.807, 2.05) is 43.8 Å². The normalized spacial score (nSPS) is 10.8. The third-order valence-electron chi connectivity index (χ3n) is 4.04. The van der Waals surface area contributed by atoms with Gasteiger partial charge in [-0.25, -0.2) is 9.97 Å². The van der Waals surface area contributed by atoms with E-state index in [1.165, 1.54) is 0 Å².